The van der Waals surface area contributed by atoms with Crippen LogP contribution in [0.3, 0.4) is 0 Å². The molecule has 1 aliphatic heterocycles. The van der Waals surface area contributed by atoms with Crippen molar-refractivity contribution in [2.24, 2.45) is 5.73 Å². The van der Waals surface area contributed by atoms with Gasteiger partial charge < -0.3 is 31.7 Å². The highest BCUT2D eigenvalue weighted by molar-refractivity contribution is 5.83. The highest BCUT2D eigenvalue weighted by Gasteiger charge is 2.44. The highest BCUT2D eigenvalue weighted by Crippen LogP contribution is 2.34. The predicted octanol–water partition coefficient (Wildman–Crippen LogP) is 0.856. The molecular weight excluding hydrogens is 414 g/mol. The van der Waals surface area contributed by atoms with Gasteiger partial charge in [0.25, 0.3) is 0 Å². The molecule has 11 heteroatoms. The summed E-state index contributed by atoms with van der Waals surface area (Å²) >= 11 is 0. The van der Waals surface area contributed by atoms with Crippen molar-refractivity contribution in [2.45, 2.75) is 56.8 Å². The largest absolute Gasteiger partial charge is 0.388 e. The molecule has 32 heavy (non-hydrogen) atoms. The number of nitrogens with two attached hydrogens (primary N) is 2. The molecule has 1 aromatic carbocycles. The van der Waals surface area contributed by atoms with E-state index in [0.29, 0.717) is 30.0 Å². The predicted molar refractivity (Wildman–Crippen MR) is 117 cm³/mol. The Kier molecular flexibility index (Phi) is 6.21. The van der Waals surface area contributed by atoms with Crippen molar-refractivity contribution in [1.82, 2.24) is 19.5 Å². The first-order valence-corrected chi connectivity index (χ1v) is 10.5. The van der Waals surface area contributed by atoms with E-state index in [4.69, 9.17) is 16.2 Å². The maximum absolute atomic E-state index is 11.0. The summed E-state index contributed by atoms with van der Waals surface area (Å²) < 4.78 is 7.44. The van der Waals surface area contributed by atoms with E-state index in [-0.39, 0.29) is 18.3 Å². The smallest absolute Gasteiger partial charge is 0.227 e. The topological polar surface area (TPSA) is 174 Å². The first-order valence-electron chi connectivity index (χ1n) is 10.5. The van der Waals surface area contributed by atoms with Crippen LogP contribution >= 0.6 is 0 Å². The quantitative estimate of drug-likeness (QED) is 0.339. The Morgan fingerprint density at radius 2 is 2.00 bits per heavy atom. The van der Waals surface area contributed by atoms with Gasteiger partial charge in [0.1, 0.15) is 17.7 Å². The van der Waals surface area contributed by atoms with E-state index < -0.39 is 30.4 Å². The molecule has 170 valence electrons. The van der Waals surface area contributed by atoms with Crippen molar-refractivity contribution in [2.75, 3.05) is 11.1 Å². The Bertz CT molecular complexity index is 1090. The molecular formula is C21H27N7O4. The number of carbonyl (C=O) groups is 1. The SMILES string of the molecule is CC(Nc1nc(N)c2ncn([C@@H]3O[C@H](CCCC(N)=O)C(O)C3O)c2n1)c1ccccc1. The molecule has 2 aromatic heterocycles. The summed E-state index contributed by atoms with van der Waals surface area (Å²) in [4.78, 5) is 24.1. The van der Waals surface area contributed by atoms with Gasteiger partial charge in [0.2, 0.25) is 11.9 Å². The van der Waals surface area contributed by atoms with Crippen LogP contribution in [0.4, 0.5) is 11.8 Å². The first-order chi connectivity index (χ1) is 15.3. The summed E-state index contributed by atoms with van der Waals surface area (Å²) in [6.45, 7) is 1.98. The molecule has 1 saturated heterocycles. The molecule has 0 bridgehead atoms. The number of aliphatic hydroxyl groups excluding tert-OH is 2. The zero-order valence-electron chi connectivity index (χ0n) is 17.6. The number of nitrogens with zero attached hydrogens (tertiary/aromatic N) is 4. The standard InChI is InChI=1S/C21H27N7O4/c1-11(12-6-3-2-4-7-12)25-21-26-18(23)15-19(27-21)28(10-24-15)20-17(31)16(30)13(32-20)8-5-9-14(22)29/h2-4,6-7,10-11,13,16-17,20,30-31H,5,8-9H2,1H3,(H2,22,29)(H3,23,25,26,27)/t11?,13-,16?,17?,20-/m1/s1. The molecule has 0 aliphatic carbocycles. The van der Waals surface area contributed by atoms with Crippen molar-refractivity contribution >= 4 is 28.8 Å². The fraction of sp³-hybridized carbons (Fsp3) is 0.429. The Hall–Kier alpha value is -3.28. The molecule has 3 aromatic rings. The van der Waals surface area contributed by atoms with Crippen LogP contribution < -0.4 is 16.8 Å². The van der Waals surface area contributed by atoms with Gasteiger partial charge in [0, 0.05) is 6.42 Å². The highest BCUT2D eigenvalue weighted by atomic mass is 16.6. The zero-order chi connectivity index (χ0) is 22.8. The van der Waals surface area contributed by atoms with E-state index >= 15 is 0 Å². The van der Waals surface area contributed by atoms with Gasteiger partial charge in [-0.15, -0.1) is 0 Å². The lowest BCUT2D eigenvalue weighted by molar-refractivity contribution is -0.118. The molecule has 3 unspecified atom stereocenters. The van der Waals surface area contributed by atoms with Crippen molar-refractivity contribution in [3.63, 3.8) is 0 Å². The van der Waals surface area contributed by atoms with Crippen LogP contribution in [0.2, 0.25) is 0 Å². The number of nitrogens with one attached hydrogen (secondary N) is 1. The van der Waals surface area contributed by atoms with E-state index in [1.165, 1.54) is 10.9 Å². The number of benzene rings is 1. The molecule has 0 radical (unpaired) electrons. The van der Waals surface area contributed by atoms with E-state index in [1.54, 1.807) is 0 Å². The van der Waals surface area contributed by atoms with Crippen LogP contribution in [-0.4, -0.2) is 54.0 Å². The maximum Gasteiger partial charge on any atom is 0.227 e. The number of ether oxygens (including phenoxy) is 1. The molecule has 4 rings (SSSR count). The van der Waals surface area contributed by atoms with Gasteiger partial charge in [-0.25, -0.2) is 4.98 Å². The van der Waals surface area contributed by atoms with Gasteiger partial charge in [-0.2, -0.15) is 9.97 Å². The second kappa shape index (κ2) is 9.07. The lowest BCUT2D eigenvalue weighted by Gasteiger charge is -2.18. The molecule has 1 fully saturated rings. The van der Waals surface area contributed by atoms with Gasteiger partial charge in [0.05, 0.1) is 18.5 Å². The minimum Gasteiger partial charge on any atom is -0.388 e. The number of hydrogen-bond donors (Lipinski definition) is 5. The fourth-order valence-electron chi connectivity index (χ4n) is 3.88. The number of rotatable bonds is 8. The van der Waals surface area contributed by atoms with Crippen LogP contribution in [-0.2, 0) is 9.53 Å². The summed E-state index contributed by atoms with van der Waals surface area (Å²) in [5, 5.41) is 24.2. The van der Waals surface area contributed by atoms with Crippen LogP contribution in [0.15, 0.2) is 36.7 Å². The average Bonchev–Trinajstić information content (AvgIpc) is 3.30. The van der Waals surface area contributed by atoms with Gasteiger partial charge in [0.15, 0.2) is 17.7 Å². The van der Waals surface area contributed by atoms with E-state index in [2.05, 4.69) is 20.3 Å². The summed E-state index contributed by atoms with van der Waals surface area (Å²) in [6, 6.07) is 9.75. The average molecular weight is 441 g/mol. The van der Waals surface area contributed by atoms with E-state index in [9.17, 15) is 15.0 Å². The molecule has 1 amide bonds. The number of anilines is 2. The monoisotopic (exact) mass is 441 g/mol. The summed E-state index contributed by atoms with van der Waals surface area (Å²) in [5.74, 6) is 0.0637. The third kappa shape index (κ3) is 4.35. The number of amides is 1. The number of aromatic nitrogens is 4. The van der Waals surface area contributed by atoms with Gasteiger partial charge in [-0.1, -0.05) is 30.3 Å². The zero-order valence-corrected chi connectivity index (χ0v) is 17.6. The lowest BCUT2D eigenvalue weighted by atomic mass is 10.0. The summed E-state index contributed by atoms with van der Waals surface area (Å²) in [7, 11) is 0. The lowest BCUT2D eigenvalue weighted by Crippen LogP contribution is -2.31. The van der Waals surface area contributed by atoms with E-state index in [0.717, 1.165) is 5.56 Å². The third-order valence-corrected chi connectivity index (χ3v) is 5.62. The number of primary amides is 1. The van der Waals surface area contributed by atoms with Gasteiger partial charge >= 0.3 is 0 Å². The van der Waals surface area contributed by atoms with Crippen molar-refractivity contribution in [1.29, 1.82) is 0 Å². The van der Waals surface area contributed by atoms with Gasteiger partial charge in [-0.05, 0) is 25.3 Å². The molecule has 11 nitrogen and oxygen atoms in total. The molecule has 0 spiro atoms. The van der Waals surface area contributed by atoms with Crippen molar-refractivity contribution < 1.29 is 19.7 Å². The number of hydrogen-bond acceptors (Lipinski definition) is 9. The normalized spacial score (nSPS) is 24.0. The minimum absolute atomic E-state index is 0.0748. The second-order valence-corrected chi connectivity index (χ2v) is 7.94. The summed E-state index contributed by atoms with van der Waals surface area (Å²) in [5.41, 5.74) is 13.1. The molecule has 7 N–H and O–H groups in total. The van der Waals surface area contributed by atoms with E-state index in [1.807, 2.05) is 37.3 Å². The molecule has 1 aliphatic rings. The van der Waals surface area contributed by atoms with Gasteiger partial charge in [-0.3, -0.25) is 9.36 Å². The maximum atomic E-state index is 11.0. The Morgan fingerprint density at radius 3 is 2.72 bits per heavy atom. The molecule has 3 heterocycles. The molecule has 5 atom stereocenters. The van der Waals surface area contributed by atoms with Crippen LogP contribution in [0, 0.1) is 0 Å². The Balaban J connectivity index is 1.57. The third-order valence-electron chi connectivity index (χ3n) is 5.62. The number of fused-ring (bicyclic) bond motifs is 1. The fourth-order valence-corrected chi connectivity index (χ4v) is 3.88. The first kappa shape index (κ1) is 21.9. The van der Waals surface area contributed by atoms with Crippen molar-refractivity contribution in [3.05, 3.63) is 42.2 Å². The Morgan fingerprint density at radius 1 is 1.25 bits per heavy atom. The second-order valence-electron chi connectivity index (χ2n) is 7.94. The van der Waals surface area contributed by atoms with Crippen LogP contribution in [0.1, 0.15) is 44.0 Å². The minimum atomic E-state index is -1.21. The van der Waals surface area contributed by atoms with Crippen molar-refractivity contribution in [3.8, 4) is 0 Å². The number of aliphatic hydroxyl groups is 2. The van der Waals surface area contributed by atoms with Crippen LogP contribution in [0.25, 0.3) is 11.2 Å². The van der Waals surface area contributed by atoms with Crippen LogP contribution in [0.5, 0.6) is 0 Å². The summed E-state index contributed by atoms with van der Waals surface area (Å²) in [6.07, 6.45) is -1.44. The molecule has 0 saturated carbocycles. The Labute approximate surface area is 184 Å². The number of carbonyl (C=O) groups excluding carboxylic acids is 1. The number of nitrogen functional groups attached to an aromatic ring is 1. The number of imidazole rings is 1.